The fraction of sp³-hybridized carbons (Fsp3) is 0.364. The van der Waals surface area contributed by atoms with Crippen LogP contribution in [0.25, 0.3) is 0 Å². The summed E-state index contributed by atoms with van der Waals surface area (Å²) in [6, 6.07) is 1.63. The Morgan fingerprint density at radius 2 is 2.00 bits per heavy atom. The largest absolute Gasteiger partial charge is 0.496 e. The van der Waals surface area contributed by atoms with Gasteiger partial charge < -0.3 is 4.74 Å². The molecule has 0 unspecified atom stereocenters. The number of ketones is 1. The highest BCUT2D eigenvalue weighted by Gasteiger charge is 2.32. The summed E-state index contributed by atoms with van der Waals surface area (Å²) < 4.78 is 42.3. The van der Waals surface area contributed by atoms with Crippen LogP contribution >= 0.6 is 11.6 Å². The van der Waals surface area contributed by atoms with Gasteiger partial charge in [-0.05, 0) is 19.1 Å². The van der Waals surface area contributed by atoms with E-state index in [-0.39, 0.29) is 28.5 Å². The molecule has 1 aromatic carbocycles. The minimum absolute atomic E-state index is 0.0278. The maximum atomic E-state index is 12.5. The van der Waals surface area contributed by atoms with E-state index in [1.165, 1.54) is 14.0 Å². The lowest BCUT2D eigenvalue weighted by Gasteiger charge is -2.13. The molecule has 0 saturated heterocycles. The first-order valence-electron chi connectivity index (χ1n) is 4.68. The standard InChI is InChI=1S/C11H10ClF3O2/c1-6(16)3-8-9(12)4-7(11(13,14)15)5-10(8)17-2/h4-5H,3H2,1-2H3. The molecule has 0 N–H and O–H groups in total. The Bertz CT molecular complexity index is 441. The van der Waals surface area contributed by atoms with Crippen LogP contribution in [0.4, 0.5) is 13.2 Å². The maximum Gasteiger partial charge on any atom is 0.416 e. The van der Waals surface area contributed by atoms with E-state index < -0.39 is 11.7 Å². The van der Waals surface area contributed by atoms with Gasteiger partial charge in [-0.2, -0.15) is 13.2 Å². The number of hydrogen-bond acceptors (Lipinski definition) is 2. The van der Waals surface area contributed by atoms with Crippen molar-refractivity contribution in [1.82, 2.24) is 0 Å². The number of Topliss-reactive ketones (excluding diaryl/α,β-unsaturated/α-hetero) is 1. The lowest BCUT2D eigenvalue weighted by atomic mass is 10.1. The van der Waals surface area contributed by atoms with Gasteiger partial charge in [0, 0.05) is 17.0 Å². The molecule has 0 aliphatic carbocycles. The summed E-state index contributed by atoms with van der Waals surface area (Å²) >= 11 is 5.73. The van der Waals surface area contributed by atoms with Crippen LogP contribution in [-0.4, -0.2) is 12.9 Å². The molecule has 0 atom stereocenters. The van der Waals surface area contributed by atoms with Gasteiger partial charge in [0.05, 0.1) is 12.7 Å². The average molecular weight is 267 g/mol. The van der Waals surface area contributed by atoms with Gasteiger partial charge >= 0.3 is 6.18 Å². The number of carbonyl (C=O) groups is 1. The molecule has 0 bridgehead atoms. The number of benzene rings is 1. The molecule has 2 nitrogen and oxygen atoms in total. The minimum atomic E-state index is -4.49. The molecule has 0 heterocycles. The highest BCUT2D eigenvalue weighted by molar-refractivity contribution is 6.31. The van der Waals surface area contributed by atoms with Crippen molar-refractivity contribution in [2.24, 2.45) is 0 Å². The van der Waals surface area contributed by atoms with Crippen molar-refractivity contribution < 1.29 is 22.7 Å². The number of carbonyl (C=O) groups excluding carboxylic acids is 1. The number of methoxy groups -OCH3 is 1. The third-order valence-electron chi connectivity index (χ3n) is 2.13. The summed E-state index contributed by atoms with van der Waals surface area (Å²) in [5.41, 5.74) is -0.624. The molecule has 0 fully saturated rings. The van der Waals surface area contributed by atoms with Crippen molar-refractivity contribution in [2.45, 2.75) is 19.5 Å². The zero-order valence-corrected chi connectivity index (χ0v) is 9.95. The third kappa shape index (κ3) is 3.36. The zero-order valence-electron chi connectivity index (χ0n) is 9.19. The molecular weight excluding hydrogens is 257 g/mol. The van der Waals surface area contributed by atoms with Crippen LogP contribution in [0, 0.1) is 0 Å². The van der Waals surface area contributed by atoms with E-state index in [0.29, 0.717) is 0 Å². The first-order valence-corrected chi connectivity index (χ1v) is 5.06. The summed E-state index contributed by atoms with van der Waals surface area (Å²) in [7, 11) is 1.23. The molecule has 6 heteroatoms. The number of rotatable bonds is 3. The van der Waals surface area contributed by atoms with E-state index in [0.717, 1.165) is 12.1 Å². The summed E-state index contributed by atoms with van der Waals surface area (Å²) in [6.07, 6.45) is -4.55. The number of halogens is 4. The molecule has 94 valence electrons. The number of alkyl halides is 3. The summed E-state index contributed by atoms with van der Waals surface area (Å²) in [5.74, 6) is -0.231. The first kappa shape index (κ1) is 13.8. The fourth-order valence-corrected chi connectivity index (χ4v) is 1.66. The van der Waals surface area contributed by atoms with Crippen molar-refractivity contribution in [3.63, 3.8) is 0 Å². The van der Waals surface area contributed by atoms with Crippen molar-refractivity contribution in [3.05, 3.63) is 28.3 Å². The van der Waals surface area contributed by atoms with Gasteiger partial charge in [-0.25, -0.2) is 0 Å². The Hall–Kier alpha value is -1.23. The zero-order chi connectivity index (χ0) is 13.2. The molecule has 0 spiro atoms. The molecule has 1 rings (SSSR count). The smallest absolute Gasteiger partial charge is 0.416 e. The predicted octanol–water partition coefficient (Wildman–Crippen LogP) is 3.50. The van der Waals surface area contributed by atoms with Gasteiger partial charge in [-0.15, -0.1) is 0 Å². The van der Waals surface area contributed by atoms with Crippen LogP contribution in [0.5, 0.6) is 5.75 Å². The highest BCUT2D eigenvalue weighted by Crippen LogP contribution is 2.37. The van der Waals surface area contributed by atoms with E-state index in [4.69, 9.17) is 16.3 Å². The van der Waals surface area contributed by atoms with Crippen LogP contribution in [0.2, 0.25) is 5.02 Å². The lowest BCUT2D eigenvalue weighted by molar-refractivity contribution is -0.137. The topological polar surface area (TPSA) is 26.3 Å². The van der Waals surface area contributed by atoms with Gasteiger partial charge in [0.25, 0.3) is 0 Å². The predicted molar refractivity (Wildman–Crippen MR) is 57.4 cm³/mol. The van der Waals surface area contributed by atoms with E-state index in [1.807, 2.05) is 0 Å². The Morgan fingerprint density at radius 1 is 1.41 bits per heavy atom. The molecule has 1 aromatic rings. The minimum Gasteiger partial charge on any atom is -0.496 e. The second-order valence-electron chi connectivity index (χ2n) is 3.52. The summed E-state index contributed by atoms with van der Waals surface area (Å²) in [4.78, 5) is 11.0. The van der Waals surface area contributed by atoms with Crippen molar-refractivity contribution in [2.75, 3.05) is 7.11 Å². The van der Waals surface area contributed by atoms with E-state index in [2.05, 4.69) is 0 Å². The quantitative estimate of drug-likeness (QED) is 0.837. The molecule has 0 aliphatic heterocycles. The highest BCUT2D eigenvalue weighted by atomic mass is 35.5. The van der Waals surface area contributed by atoms with Crippen molar-refractivity contribution in [3.8, 4) is 5.75 Å². The second kappa shape index (κ2) is 4.96. The van der Waals surface area contributed by atoms with Crippen molar-refractivity contribution >= 4 is 17.4 Å². The summed E-state index contributed by atoms with van der Waals surface area (Å²) in [6.45, 7) is 1.33. The van der Waals surface area contributed by atoms with Gasteiger partial charge in [0.1, 0.15) is 11.5 Å². The number of hydrogen-bond donors (Lipinski definition) is 0. The van der Waals surface area contributed by atoms with Gasteiger partial charge in [-0.1, -0.05) is 11.6 Å². The van der Waals surface area contributed by atoms with Gasteiger partial charge in [-0.3, -0.25) is 4.79 Å². The van der Waals surface area contributed by atoms with E-state index in [1.54, 1.807) is 0 Å². The Kier molecular flexibility index (Phi) is 4.03. The van der Waals surface area contributed by atoms with Crippen LogP contribution in [0.1, 0.15) is 18.1 Å². The average Bonchev–Trinajstić information content (AvgIpc) is 2.18. The van der Waals surface area contributed by atoms with Crippen LogP contribution in [-0.2, 0) is 17.4 Å². The van der Waals surface area contributed by atoms with E-state index in [9.17, 15) is 18.0 Å². The van der Waals surface area contributed by atoms with Crippen LogP contribution < -0.4 is 4.74 Å². The molecule has 0 aromatic heterocycles. The van der Waals surface area contributed by atoms with Crippen LogP contribution in [0.3, 0.4) is 0 Å². The third-order valence-corrected chi connectivity index (χ3v) is 2.46. The molecule has 0 saturated carbocycles. The van der Waals surface area contributed by atoms with Gasteiger partial charge in [0.15, 0.2) is 0 Å². The fourth-order valence-electron chi connectivity index (χ4n) is 1.38. The van der Waals surface area contributed by atoms with Crippen molar-refractivity contribution in [1.29, 1.82) is 0 Å². The molecule has 0 aliphatic rings. The van der Waals surface area contributed by atoms with E-state index >= 15 is 0 Å². The van der Waals surface area contributed by atoms with Gasteiger partial charge in [0.2, 0.25) is 0 Å². The Labute approximate surface area is 101 Å². The normalized spacial score (nSPS) is 11.4. The second-order valence-corrected chi connectivity index (χ2v) is 3.92. The molecule has 17 heavy (non-hydrogen) atoms. The summed E-state index contributed by atoms with van der Waals surface area (Å²) in [5, 5.41) is -0.119. The molecule has 0 amide bonds. The molecular formula is C11H10ClF3O2. The number of ether oxygens (including phenoxy) is 1. The SMILES string of the molecule is COc1cc(C(F)(F)F)cc(Cl)c1CC(C)=O. The molecule has 0 radical (unpaired) electrons. The monoisotopic (exact) mass is 266 g/mol. The maximum absolute atomic E-state index is 12.5. The lowest BCUT2D eigenvalue weighted by Crippen LogP contribution is -2.08. The Morgan fingerprint density at radius 3 is 2.41 bits per heavy atom. The first-order chi connectivity index (χ1) is 7.75. The van der Waals surface area contributed by atoms with Crippen LogP contribution in [0.15, 0.2) is 12.1 Å². The Balaban J connectivity index is 3.30.